The van der Waals surface area contributed by atoms with E-state index in [4.69, 9.17) is 11.6 Å². The van der Waals surface area contributed by atoms with Crippen LogP contribution in [0.15, 0.2) is 59.5 Å². The first kappa shape index (κ1) is 15.4. The lowest BCUT2D eigenvalue weighted by Crippen LogP contribution is -2.24. The zero-order chi connectivity index (χ0) is 14.2. The molecule has 0 saturated carbocycles. The molecule has 2 rings (SSSR count). The van der Waals surface area contributed by atoms with Crippen molar-refractivity contribution >= 4 is 23.4 Å². The number of rotatable bonds is 7. The van der Waals surface area contributed by atoms with Gasteiger partial charge >= 0.3 is 0 Å². The van der Waals surface area contributed by atoms with Gasteiger partial charge in [-0.1, -0.05) is 54.9 Å². The van der Waals surface area contributed by atoms with Crippen LogP contribution in [-0.4, -0.2) is 12.3 Å². The summed E-state index contributed by atoms with van der Waals surface area (Å²) in [7, 11) is 0. The lowest BCUT2D eigenvalue weighted by Gasteiger charge is -2.20. The zero-order valence-electron chi connectivity index (χ0n) is 11.7. The van der Waals surface area contributed by atoms with Crippen molar-refractivity contribution in [3.05, 3.63) is 65.2 Å². The van der Waals surface area contributed by atoms with Crippen LogP contribution in [0.5, 0.6) is 0 Å². The number of hydrogen-bond donors (Lipinski definition) is 1. The first-order valence-electron chi connectivity index (χ1n) is 6.97. The molecule has 1 unspecified atom stereocenters. The Bertz CT molecular complexity index is 515. The van der Waals surface area contributed by atoms with Crippen LogP contribution < -0.4 is 5.32 Å². The fraction of sp³-hybridized carbons (Fsp3) is 0.294. The summed E-state index contributed by atoms with van der Waals surface area (Å²) in [6.45, 7) is 3.19. The maximum atomic E-state index is 6.33. The van der Waals surface area contributed by atoms with Crippen LogP contribution in [0.3, 0.4) is 0 Å². The van der Waals surface area contributed by atoms with Crippen molar-refractivity contribution < 1.29 is 0 Å². The van der Waals surface area contributed by atoms with Crippen LogP contribution in [0.25, 0.3) is 0 Å². The van der Waals surface area contributed by atoms with Gasteiger partial charge in [0.25, 0.3) is 0 Å². The molecule has 0 heterocycles. The van der Waals surface area contributed by atoms with Crippen molar-refractivity contribution in [3.63, 3.8) is 0 Å². The second-order valence-electron chi connectivity index (χ2n) is 4.65. The highest BCUT2D eigenvalue weighted by Crippen LogP contribution is 2.28. The lowest BCUT2D eigenvalue weighted by molar-refractivity contribution is 0.577. The van der Waals surface area contributed by atoms with E-state index in [0.29, 0.717) is 0 Å². The highest BCUT2D eigenvalue weighted by molar-refractivity contribution is 7.99. The summed E-state index contributed by atoms with van der Waals surface area (Å²) in [6, 6.07) is 18.9. The van der Waals surface area contributed by atoms with Crippen LogP contribution in [0.4, 0.5) is 0 Å². The summed E-state index contributed by atoms with van der Waals surface area (Å²) < 4.78 is 0. The molecule has 1 nitrogen and oxygen atoms in total. The first-order valence-corrected chi connectivity index (χ1v) is 8.33. The minimum absolute atomic E-state index is 0.286. The van der Waals surface area contributed by atoms with Gasteiger partial charge in [-0.15, -0.1) is 11.8 Å². The van der Waals surface area contributed by atoms with E-state index in [1.165, 1.54) is 10.5 Å². The zero-order valence-corrected chi connectivity index (χ0v) is 13.3. The monoisotopic (exact) mass is 305 g/mol. The molecule has 2 aromatic carbocycles. The van der Waals surface area contributed by atoms with Gasteiger partial charge in [-0.2, -0.15) is 0 Å². The summed E-state index contributed by atoms with van der Waals surface area (Å²) in [6.07, 6.45) is 1.12. The van der Waals surface area contributed by atoms with E-state index in [-0.39, 0.29) is 6.04 Å². The quantitative estimate of drug-likeness (QED) is 0.708. The highest BCUT2D eigenvalue weighted by atomic mass is 35.5. The third kappa shape index (κ3) is 4.55. The average Bonchev–Trinajstić information content (AvgIpc) is 2.49. The number of nitrogens with one attached hydrogen (secondary N) is 1. The molecule has 0 aliphatic carbocycles. The van der Waals surface area contributed by atoms with Crippen LogP contribution >= 0.6 is 23.4 Å². The SMILES string of the molecule is CCCNC(CSc1ccccc1)c1ccccc1Cl. The molecule has 1 N–H and O–H groups in total. The Kier molecular flexibility index (Phi) is 6.44. The maximum Gasteiger partial charge on any atom is 0.0454 e. The van der Waals surface area contributed by atoms with Crippen molar-refractivity contribution in [1.82, 2.24) is 5.32 Å². The fourth-order valence-electron chi connectivity index (χ4n) is 2.03. The molecule has 0 aromatic heterocycles. The Labute approximate surface area is 130 Å². The van der Waals surface area contributed by atoms with Crippen LogP contribution in [0, 0.1) is 0 Å². The third-order valence-electron chi connectivity index (χ3n) is 3.08. The van der Waals surface area contributed by atoms with Gasteiger partial charge in [0.05, 0.1) is 0 Å². The van der Waals surface area contributed by atoms with Gasteiger partial charge in [0.15, 0.2) is 0 Å². The van der Waals surface area contributed by atoms with E-state index >= 15 is 0 Å². The largest absolute Gasteiger partial charge is 0.309 e. The van der Waals surface area contributed by atoms with Gasteiger partial charge < -0.3 is 5.32 Å². The average molecular weight is 306 g/mol. The number of halogens is 1. The van der Waals surface area contributed by atoms with E-state index in [9.17, 15) is 0 Å². The van der Waals surface area contributed by atoms with Gasteiger partial charge in [0.1, 0.15) is 0 Å². The first-order chi connectivity index (χ1) is 9.81. The minimum Gasteiger partial charge on any atom is -0.309 e. The molecule has 0 fully saturated rings. The van der Waals surface area contributed by atoms with E-state index in [0.717, 1.165) is 23.7 Å². The van der Waals surface area contributed by atoms with E-state index < -0.39 is 0 Å². The Morgan fingerprint density at radius 1 is 1.05 bits per heavy atom. The van der Waals surface area contributed by atoms with Crippen molar-refractivity contribution in [2.45, 2.75) is 24.3 Å². The van der Waals surface area contributed by atoms with E-state index in [1.807, 2.05) is 30.0 Å². The molecule has 0 bridgehead atoms. The topological polar surface area (TPSA) is 12.0 Å². The second-order valence-corrected chi connectivity index (χ2v) is 6.15. The molecule has 20 heavy (non-hydrogen) atoms. The van der Waals surface area contributed by atoms with Crippen LogP contribution in [0.2, 0.25) is 5.02 Å². The molecular weight excluding hydrogens is 286 g/mol. The number of thioether (sulfide) groups is 1. The summed E-state index contributed by atoms with van der Waals surface area (Å²) in [5, 5.41) is 4.43. The van der Waals surface area contributed by atoms with E-state index in [1.54, 1.807) is 0 Å². The lowest BCUT2D eigenvalue weighted by atomic mass is 10.1. The Balaban J connectivity index is 2.06. The molecule has 0 aliphatic rings. The predicted octanol–water partition coefficient (Wildman–Crippen LogP) is 5.17. The Morgan fingerprint density at radius 2 is 1.75 bits per heavy atom. The summed E-state index contributed by atoms with van der Waals surface area (Å²) in [4.78, 5) is 1.29. The normalized spacial score (nSPS) is 12.3. The summed E-state index contributed by atoms with van der Waals surface area (Å²) >= 11 is 8.19. The third-order valence-corrected chi connectivity index (χ3v) is 4.53. The van der Waals surface area contributed by atoms with Gasteiger partial charge in [-0.05, 0) is 36.7 Å². The Hall–Kier alpha value is -0.960. The molecule has 0 amide bonds. The molecule has 106 valence electrons. The van der Waals surface area contributed by atoms with Crippen LogP contribution in [0.1, 0.15) is 24.9 Å². The van der Waals surface area contributed by atoms with Crippen molar-refractivity contribution in [2.24, 2.45) is 0 Å². The van der Waals surface area contributed by atoms with Crippen LogP contribution in [-0.2, 0) is 0 Å². The highest BCUT2D eigenvalue weighted by Gasteiger charge is 2.13. The molecule has 0 saturated heterocycles. The van der Waals surface area contributed by atoms with Gasteiger partial charge in [-0.25, -0.2) is 0 Å². The molecule has 2 aromatic rings. The van der Waals surface area contributed by atoms with Crippen molar-refractivity contribution in [3.8, 4) is 0 Å². The van der Waals surface area contributed by atoms with Gasteiger partial charge in [-0.3, -0.25) is 0 Å². The molecule has 0 radical (unpaired) electrons. The van der Waals surface area contributed by atoms with Crippen molar-refractivity contribution in [1.29, 1.82) is 0 Å². The summed E-state index contributed by atoms with van der Waals surface area (Å²) in [5.41, 5.74) is 1.19. The summed E-state index contributed by atoms with van der Waals surface area (Å²) in [5.74, 6) is 0.980. The molecule has 1 atom stereocenters. The molecule has 0 aliphatic heterocycles. The standard InChI is InChI=1S/C17H20ClNS/c1-2-12-19-17(15-10-6-7-11-16(15)18)13-20-14-8-4-3-5-9-14/h3-11,17,19H,2,12-13H2,1H3. The van der Waals surface area contributed by atoms with Gasteiger partial charge in [0, 0.05) is 21.7 Å². The molecular formula is C17H20ClNS. The number of hydrogen-bond acceptors (Lipinski definition) is 2. The fourth-order valence-corrected chi connectivity index (χ4v) is 3.30. The van der Waals surface area contributed by atoms with E-state index in [2.05, 4.69) is 48.6 Å². The smallest absolute Gasteiger partial charge is 0.0454 e. The van der Waals surface area contributed by atoms with Crippen molar-refractivity contribution in [2.75, 3.05) is 12.3 Å². The maximum absolute atomic E-state index is 6.33. The second kappa shape index (κ2) is 8.35. The predicted molar refractivity (Wildman–Crippen MR) is 89.7 cm³/mol. The number of benzene rings is 2. The molecule has 3 heteroatoms. The van der Waals surface area contributed by atoms with Gasteiger partial charge in [0.2, 0.25) is 0 Å². The Morgan fingerprint density at radius 3 is 2.45 bits per heavy atom. The molecule has 0 spiro atoms. The minimum atomic E-state index is 0.286.